The van der Waals surface area contributed by atoms with Crippen LogP contribution in [-0.2, 0) is 6.54 Å². The largest absolute Gasteiger partial charge is 0.310 e. The minimum Gasteiger partial charge on any atom is -0.310 e. The van der Waals surface area contributed by atoms with Gasteiger partial charge in [-0.3, -0.25) is 0 Å². The predicted molar refractivity (Wildman–Crippen MR) is 64.8 cm³/mol. The summed E-state index contributed by atoms with van der Waals surface area (Å²) in [5.74, 6) is 0.594. The van der Waals surface area contributed by atoms with E-state index >= 15 is 0 Å². The van der Waals surface area contributed by atoms with Gasteiger partial charge in [-0.05, 0) is 43.0 Å². The Bertz CT molecular complexity index is 432. The number of hydrogen-bond donors (Lipinski definition) is 1. The second kappa shape index (κ2) is 5.29. The summed E-state index contributed by atoms with van der Waals surface area (Å²) in [6, 6.07) is 6.83. The zero-order valence-electron chi connectivity index (χ0n) is 10.0. The van der Waals surface area contributed by atoms with Crippen LogP contribution in [0.5, 0.6) is 0 Å². The van der Waals surface area contributed by atoms with E-state index in [1.807, 2.05) is 0 Å². The highest BCUT2D eigenvalue weighted by molar-refractivity contribution is 5.37. The van der Waals surface area contributed by atoms with Crippen LogP contribution in [0.15, 0.2) is 18.2 Å². The Hall–Kier alpha value is -1.40. The summed E-state index contributed by atoms with van der Waals surface area (Å²) in [6.07, 6.45) is 3.86. The van der Waals surface area contributed by atoms with Crippen LogP contribution in [0.25, 0.3) is 0 Å². The highest BCUT2D eigenvalue weighted by Gasteiger charge is 2.23. The van der Waals surface area contributed by atoms with E-state index in [0.29, 0.717) is 18.2 Å². The standard InChI is InChI=1S/C14H17FN2/c1-10(6-11-2-3-11)17-9-13-7-14(15)5-4-12(13)8-16/h4-5,7,10-11,17H,2-3,6,9H2,1H3. The Kier molecular flexibility index (Phi) is 3.75. The van der Waals surface area contributed by atoms with E-state index in [-0.39, 0.29) is 5.82 Å². The Labute approximate surface area is 101 Å². The van der Waals surface area contributed by atoms with Gasteiger partial charge in [-0.2, -0.15) is 5.26 Å². The summed E-state index contributed by atoms with van der Waals surface area (Å²) in [5.41, 5.74) is 1.30. The van der Waals surface area contributed by atoms with Crippen molar-refractivity contribution in [3.05, 3.63) is 35.1 Å². The van der Waals surface area contributed by atoms with Crippen molar-refractivity contribution >= 4 is 0 Å². The van der Waals surface area contributed by atoms with E-state index in [0.717, 1.165) is 11.5 Å². The number of halogens is 1. The first-order valence-electron chi connectivity index (χ1n) is 6.11. The van der Waals surface area contributed by atoms with Crippen LogP contribution in [0, 0.1) is 23.1 Å². The zero-order valence-corrected chi connectivity index (χ0v) is 10.0. The maximum absolute atomic E-state index is 13.1. The molecule has 1 atom stereocenters. The first-order valence-corrected chi connectivity index (χ1v) is 6.11. The molecule has 1 unspecified atom stereocenters. The summed E-state index contributed by atoms with van der Waals surface area (Å²) in [6.45, 7) is 2.71. The molecule has 0 radical (unpaired) electrons. The number of nitrogens with one attached hydrogen (secondary N) is 1. The Balaban J connectivity index is 1.92. The molecule has 0 heterocycles. The van der Waals surface area contributed by atoms with Crippen LogP contribution in [0.2, 0.25) is 0 Å². The van der Waals surface area contributed by atoms with E-state index in [2.05, 4.69) is 18.3 Å². The zero-order chi connectivity index (χ0) is 12.3. The number of hydrogen-bond acceptors (Lipinski definition) is 2. The molecule has 2 nitrogen and oxygen atoms in total. The molecular formula is C14H17FN2. The molecule has 1 fully saturated rings. The average molecular weight is 232 g/mol. The molecule has 1 aliphatic carbocycles. The van der Waals surface area contributed by atoms with Gasteiger partial charge >= 0.3 is 0 Å². The third kappa shape index (κ3) is 3.54. The van der Waals surface area contributed by atoms with Gasteiger partial charge in [0.05, 0.1) is 11.6 Å². The van der Waals surface area contributed by atoms with Crippen LogP contribution in [0.1, 0.15) is 37.3 Å². The van der Waals surface area contributed by atoms with Crippen LogP contribution in [0.3, 0.4) is 0 Å². The molecule has 0 spiro atoms. The molecule has 1 aromatic carbocycles. The third-order valence-electron chi connectivity index (χ3n) is 3.21. The molecule has 1 aromatic rings. The molecule has 0 amide bonds. The fourth-order valence-corrected chi connectivity index (χ4v) is 2.04. The molecule has 90 valence electrons. The minimum absolute atomic E-state index is 0.282. The second-order valence-corrected chi connectivity index (χ2v) is 4.87. The lowest BCUT2D eigenvalue weighted by molar-refractivity contribution is 0.486. The average Bonchev–Trinajstić information content (AvgIpc) is 3.10. The van der Waals surface area contributed by atoms with Gasteiger partial charge in [-0.1, -0.05) is 12.8 Å². The molecule has 1 saturated carbocycles. The summed E-state index contributed by atoms with van der Waals surface area (Å²) < 4.78 is 13.1. The van der Waals surface area contributed by atoms with Gasteiger partial charge in [-0.15, -0.1) is 0 Å². The van der Waals surface area contributed by atoms with Crippen molar-refractivity contribution in [1.29, 1.82) is 5.26 Å². The third-order valence-corrected chi connectivity index (χ3v) is 3.21. The number of nitriles is 1. The van der Waals surface area contributed by atoms with E-state index in [4.69, 9.17) is 5.26 Å². The summed E-state index contributed by atoms with van der Waals surface area (Å²) >= 11 is 0. The van der Waals surface area contributed by atoms with Crippen molar-refractivity contribution < 1.29 is 4.39 Å². The monoisotopic (exact) mass is 232 g/mol. The Morgan fingerprint density at radius 1 is 1.53 bits per heavy atom. The molecule has 17 heavy (non-hydrogen) atoms. The van der Waals surface area contributed by atoms with Crippen LogP contribution in [-0.4, -0.2) is 6.04 Å². The summed E-state index contributed by atoms with van der Waals surface area (Å²) in [7, 11) is 0. The van der Waals surface area contributed by atoms with Crippen LogP contribution >= 0.6 is 0 Å². The maximum Gasteiger partial charge on any atom is 0.123 e. The topological polar surface area (TPSA) is 35.8 Å². The number of benzene rings is 1. The maximum atomic E-state index is 13.1. The molecule has 0 aliphatic heterocycles. The van der Waals surface area contributed by atoms with E-state index in [1.165, 1.54) is 37.5 Å². The van der Waals surface area contributed by atoms with E-state index < -0.39 is 0 Å². The van der Waals surface area contributed by atoms with Gasteiger partial charge in [0.15, 0.2) is 0 Å². The molecule has 0 bridgehead atoms. The van der Waals surface area contributed by atoms with E-state index in [1.54, 1.807) is 0 Å². The lowest BCUT2D eigenvalue weighted by atomic mass is 10.1. The predicted octanol–water partition coefficient (Wildman–Crippen LogP) is 2.98. The van der Waals surface area contributed by atoms with Crippen molar-refractivity contribution in [2.45, 2.75) is 38.8 Å². The Morgan fingerprint density at radius 3 is 2.94 bits per heavy atom. The minimum atomic E-state index is -0.282. The molecule has 0 saturated heterocycles. The van der Waals surface area contributed by atoms with Crippen molar-refractivity contribution in [1.82, 2.24) is 5.32 Å². The second-order valence-electron chi connectivity index (χ2n) is 4.87. The van der Waals surface area contributed by atoms with Gasteiger partial charge < -0.3 is 5.32 Å². The fraction of sp³-hybridized carbons (Fsp3) is 0.500. The van der Waals surface area contributed by atoms with Crippen molar-refractivity contribution in [3.63, 3.8) is 0 Å². The Morgan fingerprint density at radius 2 is 2.29 bits per heavy atom. The highest BCUT2D eigenvalue weighted by atomic mass is 19.1. The van der Waals surface area contributed by atoms with Gasteiger partial charge in [0, 0.05) is 12.6 Å². The van der Waals surface area contributed by atoms with Gasteiger partial charge in [0.1, 0.15) is 5.82 Å². The summed E-state index contributed by atoms with van der Waals surface area (Å²) in [5, 5.41) is 12.3. The molecule has 1 N–H and O–H groups in total. The lowest BCUT2D eigenvalue weighted by Gasteiger charge is -2.13. The lowest BCUT2D eigenvalue weighted by Crippen LogP contribution is -2.26. The molecular weight excluding hydrogens is 215 g/mol. The van der Waals surface area contributed by atoms with Gasteiger partial charge in [0.2, 0.25) is 0 Å². The normalized spacial score (nSPS) is 16.5. The van der Waals surface area contributed by atoms with E-state index in [9.17, 15) is 4.39 Å². The number of rotatable bonds is 5. The van der Waals surface area contributed by atoms with Crippen LogP contribution in [0.4, 0.5) is 4.39 Å². The van der Waals surface area contributed by atoms with Crippen molar-refractivity contribution in [2.24, 2.45) is 5.92 Å². The van der Waals surface area contributed by atoms with Crippen molar-refractivity contribution in [2.75, 3.05) is 0 Å². The van der Waals surface area contributed by atoms with Crippen molar-refractivity contribution in [3.8, 4) is 6.07 Å². The number of nitrogens with zero attached hydrogens (tertiary/aromatic N) is 1. The first kappa shape index (κ1) is 12.1. The molecule has 0 aromatic heterocycles. The summed E-state index contributed by atoms with van der Waals surface area (Å²) in [4.78, 5) is 0. The SMILES string of the molecule is CC(CC1CC1)NCc1cc(F)ccc1C#N. The molecule has 2 rings (SSSR count). The fourth-order valence-electron chi connectivity index (χ4n) is 2.04. The molecule has 3 heteroatoms. The molecule has 1 aliphatic rings. The van der Waals surface area contributed by atoms with Crippen LogP contribution < -0.4 is 5.32 Å². The highest BCUT2D eigenvalue weighted by Crippen LogP contribution is 2.33. The quantitative estimate of drug-likeness (QED) is 0.847. The van der Waals surface area contributed by atoms with Gasteiger partial charge in [-0.25, -0.2) is 4.39 Å². The van der Waals surface area contributed by atoms with Gasteiger partial charge in [0.25, 0.3) is 0 Å². The first-order chi connectivity index (χ1) is 8.19. The smallest absolute Gasteiger partial charge is 0.123 e.